The van der Waals surface area contributed by atoms with Gasteiger partial charge in [-0.05, 0) is 27.2 Å². The van der Waals surface area contributed by atoms with Crippen LogP contribution >= 0.6 is 0 Å². The van der Waals surface area contributed by atoms with Gasteiger partial charge in [0.25, 0.3) is 0 Å². The van der Waals surface area contributed by atoms with Crippen LogP contribution in [0.15, 0.2) is 12.8 Å². The Balaban J connectivity index is 2.46. The van der Waals surface area contributed by atoms with Crippen LogP contribution < -0.4 is 0 Å². The monoisotopic (exact) mass is 301 g/mol. The van der Waals surface area contributed by atoms with Crippen molar-refractivity contribution in [2.75, 3.05) is 39.5 Å². The van der Waals surface area contributed by atoms with E-state index in [0.29, 0.717) is 19.8 Å². The normalized spacial score (nSPS) is 15.6. The molecule has 20 heavy (non-hydrogen) atoms. The number of hydrogen-bond donors (Lipinski definition) is 0. The van der Waals surface area contributed by atoms with E-state index in [-0.39, 0.29) is 0 Å². The highest BCUT2D eigenvalue weighted by atomic mass is 28.4. The Hall–Kier alpha value is -0.693. The molecule has 0 atom stereocenters. The first-order valence-electron chi connectivity index (χ1n) is 7.58. The van der Waals surface area contributed by atoms with Crippen LogP contribution in [0.1, 0.15) is 27.2 Å². The molecule has 0 aromatic carbocycles. The van der Waals surface area contributed by atoms with Crippen molar-refractivity contribution in [3.05, 3.63) is 12.8 Å². The zero-order chi connectivity index (χ0) is 14.8. The summed E-state index contributed by atoms with van der Waals surface area (Å²) in [6.07, 6.45) is 5.01. The highest BCUT2D eigenvalue weighted by molar-refractivity contribution is 6.60. The van der Waals surface area contributed by atoms with E-state index in [2.05, 4.69) is 22.4 Å². The third-order valence-corrected chi connectivity index (χ3v) is 6.36. The summed E-state index contributed by atoms with van der Waals surface area (Å²) >= 11 is 0. The average Bonchev–Trinajstić information content (AvgIpc) is 2.88. The molecule has 0 aromatic heterocycles. The zero-order valence-corrected chi connectivity index (χ0v) is 14.1. The fourth-order valence-corrected chi connectivity index (χ4v) is 4.97. The van der Waals surface area contributed by atoms with E-state index in [0.717, 1.165) is 32.1 Å². The maximum absolute atomic E-state index is 5.86. The summed E-state index contributed by atoms with van der Waals surface area (Å²) in [6, 6.07) is 0.876. The van der Waals surface area contributed by atoms with Crippen LogP contribution in [0.4, 0.5) is 0 Å². The van der Waals surface area contributed by atoms with Gasteiger partial charge in [-0.1, -0.05) is 6.58 Å². The minimum Gasteiger partial charge on any atom is -0.374 e. The van der Waals surface area contributed by atoms with E-state index < -0.39 is 8.80 Å². The van der Waals surface area contributed by atoms with Crippen molar-refractivity contribution in [3.63, 3.8) is 0 Å². The van der Waals surface area contributed by atoms with Gasteiger partial charge in [0.2, 0.25) is 6.34 Å². The van der Waals surface area contributed by atoms with Crippen LogP contribution in [-0.4, -0.2) is 64.1 Å². The van der Waals surface area contributed by atoms with Crippen LogP contribution in [0.3, 0.4) is 0 Å². The SMILES string of the molecule is C=CN1C=[N+](CCC[Si](OCC)(OCC)OCC)CC1. The van der Waals surface area contributed by atoms with E-state index in [1.54, 1.807) is 0 Å². The van der Waals surface area contributed by atoms with Crippen LogP contribution in [0.25, 0.3) is 0 Å². The van der Waals surface area contributed by atoms with Gasteiger partial charge in [-0.15, -0.1) is 0 Å². The van der Waals surface area contributed by atoms with Crippen LogP contribution in [-0.2, 0) is 13.3 Å². The van der Waals surface area contributed by atoms with Crippen molar-refractivity contribution in [2.24, 2.45) is 0 Å². The van der Waals surface area contributed by atoms with Gasteiger partial charge in [0, 0.05) is 25.9 Å². The molecule has 0 aliphatic carbocycles. The van der Waals surface area contributed by atoms with E-state index in [1.807, 2.05) is 27.0 Å². The van der Waals surface area contributed by atoms with E-state index in [1.165, 1.54) is 0 Å². The summed E-state index contributed by atoms with van der Waals surface area (Å²) in [4.78, 5) is 2.11. The maximum Gasteiger partial charge on any atom is 0.501 e. The zero-order valence-electron chi connectivity index (χ0n) is 13.1. The summed E-state index contributed by atoms with van der Waals surface area (Å²) in [6.45, 7) is 14.8. The van der Waals surface area contributed by atoms with Crippen LogP contribution in [0.2, 0.25) is 6.04 Å². The van der Waals surface area contributed by atoms with Crippen LogP contribution in [0.5, 0.6) is 0 Å². The van der Waals surface area contributed by atoms with E-state index in [4.69, 9.17) is 13.3 Å². The quantitative estimate of drug-likeness (QED) is 0.431. The lowest BCUT2D eigenvalue weighted by Crippen LogP contribution is -2.46. The lowest BCUT2D eigenvalue weighted by Gasteiger charge is -2.28. The summed E-state index contributed by atoms with van der Waals surface area (Å²) in [5.74, 6) is 0. The van der Waals surface area contributed by atoms with E-state index >= 15 is 0 Å². The topological polar surface area (TPSA) is 33.9 Å². The van der Waals surface area contributed by atoms with Crippen molar-refractivity contribution >= 4 is 15.1 Å². The molecule has 0 aromatic rings. The van der Waals surface area contributed by atoms with Gasteiger partial charge in [0.15, 0.2) is 0 Å². The molecule has 1 aliphatic rings. The molecule has 1 rings (SSSR count). The largest absolute Gasteiger partial charge is 0.501 e. The second kappa shape index (κ2) is 9.28. The molecule has 0 saturated carbocycles. The fraction of sp³-hybridized carbons (Fsp3) is 0.786. The predicted molar refractivity (Wildman–Crippen MR) is 83.0 cm³/mol. The molecule has 0 bridgehead atoms. The maximum atomic E-state index is 5.86. The lowest BCUT2D eigenvalue weighted by molar-refractivity contribution is -0.513. The molecule has 0 unspecified atom stereocenters. The Morgan fingerprint density at radius 1 is 1.20 bits per heavy atom. The second-order valence-electron chi connectivity index (χ2n) is 4.66. The highest BCUT2D eigenvalue weighted by Crippen LogP contribution is 2.18. The Labute approximate surface area is 124 Å². The molecular formula is C14H29N2O3Si+. The molecular weight excluding hydrogens is 272 g/mol. The summed E-state index contributed by atoms with van der Waals surface area (Å²) in [5, 5.41) is 0. The fourth-order valence-electron chi connectivity index (χ4n) is 2.38. The summed E-state index contributed by atoms with van der Waals surface area (Å²) < 4.78 is 19.9. The number of rotatable bonds is 11. The van der Waals surface area contributed by atoms with Crippen molar-refractivity contribution in [1.82, 2.24) is 4.90 Å². The van der Waals surface area contributed by atoms with Crippen molar-refractivity contribution in [2.45, 2.75) is 33.2 Å². The summed E-state index contributed by atoms with van der Waals surface area (Å²) in [5.41, 5.74) is 0. The molecule has 0 spiro atoms. The van der Waals surface area contributed by atoms with Crippen LogP contribution in [0, 0.1) is 0 Å². The number of hydrogen-bond acceptors (Lipinski definition) is 4. The van der Waals surface area contributed by atoms with Gasteiger partial charge in [-0.3, -0.25) is 4.58 Å². The Morgan fingerprint density at radius 3 is 2.25 bits per heavy atom. The third kappa shape index (κ3) is 5.36. The highest BCUT2D eigenvalue weighted by Gasteiger charge is 2.40. The molecule has 0 radical (unpaired) electrons. The molecule has 1 heterocycles. The van der Waals surface area contributed by atoms with Crippen molar-refractivity contribution in [1.29, 1.82) is 0 Å². The molecule has 0 amide bonds. The predicted octanol–water partition coefficient (Wildman–Crippen LogP) is 1.92. The van der Waals surface area contributed by atoms with Crippen molar-refractivity contribution in [3.8, 4) is 0 Å². The van der Waals surface area contributed by atoms with Gasteiger partial charge < -0.3 is 13.3 Å². The van der Waals surface area contributed by atoms with E-state index in [9.17, 15) is 0 Å². The third-order valence-electron chi connectivity index (χ3n) is 3.21. The van der Waals surface area contributed by atoms with Crippen molar-refractivity contribution < 1.29 is 17.9 Å². The minimum absolute atomic E-state index is 0.645. The standard InChI is InChI=1S/C14H29N2O3Si/c1-5-15-11-12-16(14-15)10-9-13-20(17-6-2,18-7-3)19-8-4/h5,14H,1,6-13H2,2-4H3/q+1. The van der Waals surface area contributed by atoms with Gasteiger partial charge in [-0.2, -0.15) is 0 Å². The smallest absolute Gasteiger partial charge is 0.374 e. The first-order chi connectivity index (χ1) is 9.69. The summed E-state index contributed by atoms with van der Waals surface area (Å²) in [7, 11) is -2.47. The van der Waals surface area contributed by atoms with Gasteiger partial charge >= 0.3 is 8.80 Å². The molecule has 6 heteroatoms. The van der Waals surface area contributed by atoms with Gasteiger partial charge in [0.05, 0.1) is 12.7 Å². The molecule has 0 fully saturated rings. The molecule has 5 nitrogen and oxygen atoms in total. The second-order valence-corrected chi connectivity index (χ2v) is 7.39. The first-order valence-corrected chi connectivity index (χ1v) is 9.52. The lowest BCUT2D eigenvalue weighted by atomic mass is 10.4. The average molecular weight is 301 g/mol. The molecule has 116 valence electrons. The number of nitrogens with zero attached hydrogens (tertiary/aromatic N) is 2. The Bertz CT molecular complexity index is 307. The Kier molecular flexibility index (Phi) is 8.06. The Morgan fingerprint density at radius 2 is 1.80 bits per heavy atom. The van der Waals surface area contributed by atoms with Gasteiger partial charge in [0.1, 0.15) is 13.1 Å². The molecule has 1 aliphatic heterocycles. The molecule has 0 N–H and O–H groups in total. The minimum atomic E-state index is -2.47. The molecule has 0 saturated heterocycles. The van der Waals surface area contributed by atoms with Gasteiger partial charge in [-0.25, -0.2) is 4.90 Å². The first kappa shape index (κ1) is 17.4.